The quantitative estimate of drug-likeness (QED) is 0.230. The van der Waals surface area contributed by atoms with Gasteiger partial charge in [0.25, 0.3) is 11.8 Å². The highest BCUT2D eigenvalue weighted by molar-refractivity contribution is 6.38. The first-order valence-corrected chi connectivity index (χ1v) is 18.2. The van der Waals surface area contributed by atoms with Crippen LogP contribution in [0, 0.1) is 23.2 Å². The summed E-state index contributed by atoms with van der Waals surface area (Å²) in [6, 6.07) is -3.68. The third-order valence-corrected chi connectivity index (χ3v) is 10.7. The minimum absolute atomic E-state index is 0.0132. The van der Waals surface area contributed by atoms with Gasteiger partial charge in [0.2, 0.25) is 23.5 Å². The number of carbonyl (C=O) groups excluding carboxylic acids is 6. The second-order valence-corrected chi connectivity index (χ2v) is 15.5. The molecule has 1 aromatic heterocycles. The van der Waals surface area contributed by atoms with Gasteiger partial charge in [0.1, 0.15) is 23.8 Å². The maximum absolute atomic E-state index is 14.6. The highest BCUT2D eigenvalue weighted by atomic mass is 16.2. The number of carbonyl (C=O) groups is 6. The topological polar surface area (TPSA) is 180 Å². The predicted molar refractivity (Wildman–Crippen MR) is 181 cm³/mol. The molecule has 3 aliphatic carbocycles. The molecule has 4 fully saturated rings. The van der Waals surface area contributed by atoms with E-state index in [4.69, 9.17) is 0 Å². The van der Waals surface area contributed by atoms with Crippen molar-refractivity contribution in [1.29, 1.82) is 0 Å². The van der Waals surface area contributed by atoms with Gasteiger partial charge in [0.15, 0.2) is 0 Å². The van der Waals surface area contributed by atoms with E-state index in [9.17, 15) is 28.8 Å². The van der Waals surface area contributed by atoms with Crippen molar-refractivity contribution in [3.63, 3.8) is 0 Å². The molecule has 3 saturated carbocycles. The van der Waals surface area contributed by atoms with Gasteiger partial charge < -0.3 is 26.2 Å². The lowest BCUT2D eigenvalue weighted by molar-refractivity contribution is -0.146. The smallest absolute Gasteiger partial charge is 0.289 e. The third kappa shape index (κ3) is 8.83. The predicted octanol–water partition coefficient (Wildman–Crippen LogP) is 2.45. The Labute approximate surface area is 288 Å². The Morgan fingerprint density at radius 3 is 2.27 bits per heavy atom. The van der Waals surface area contributed by atoms with Crippen LogP contribution in [0.15, 0.2) is 18.6 Å². The molecule has 13 heteroatoms. The summed E-state index contributed by atoms with van der Waals surface area (Å²) in [6.45, 7) is 7.85. The minimum atomic E-state index is -0.994. The van der Waals surface area contributed by atoms with Gasteiger partial charge in [-0.25, -0.2) is 4.98 Å². The fraction of sp³-hybridized carbons (Fsp3) is 0.722. The number of fused-ring (bicyclic) bond motifs is 1. The summed E-state index contributed by atoms with van der Waals surface area (Å²) in [7, 11) is 0. The van der Waals surface area contributed by atoms with Crippen molar-refractivity contribution in [2.24, 2.45) is 23.2 Å². The van der Waals surface area contributed by atoms with Crippen LogP contribution in [0.1, 0.15) is 115 Å². The van der Waals surface area contributed by atoms with Crippen molar-refractivity contribution in [3.05, 3.63) is 24.3 Å². The first-order valence-electron chi connectivity index (χ1n) is 18.2. The Morgan fingerprint density at radius 1 is 0.898 bits per heavy atom. The van der Waals surface area contributed by atoms with Gasteiger partial charge in [-0.1, -0.05) is 59.8 Å². The molecule has 49 heavy (non-hydrogen) atoms. The normalized spacial score (nSPS) is 24.2. The largest absolute Gasteiger partial charge is 0.347 e. The maximum atomic E-state index is 14.6. The van der Waals surface area contributed by atoms with Crippen molar-refractivity contribution in [3.8, 4) is 0 Å². The van der Waals surface area contributed by atoms with E-state index >= 15 is 0 Å². The molecule has 0 radical (unpaired) electrons. The number of hydrogen-bond acceptors (Lipinski definition) is 8. The fourth-order valence-electron chi connectivity index (χ4n) is 7.87. The summed E-state index contributed by atoms with van der Waals surface area (Å²) in [6.07, 6.45) is 13.9. The molecule has 0 bridgehead atoms. The molecule has 5 rings (SSSR count). The molecule has 6 atom stereocenters. The maximum Gasteiger partial charge on any atom is 0.289 e. The van der Waals surface area contributed by atoms with Crippen LogP contribution >= 0.6 is 0 Å². The van der Waals surface area contributed by atoms with Crippen LogP contribution in [0.5, 0.6) is 0 Å². The Hall–Kier alpha value is -3.90. The van der Waals surface area contributed by atoms with Crippen molar-refractivity contribution < 1.29 is 28.8 Å². The van der Waals surface area contributed by atoms with Crippen LogP contribution < -0.4 is 21.3 Å². The number of nitrogens with one attached hydrogen (secondary N) is 4. The van der Waals surface area contributed by atoms with E-state index in [0.717, 1.165) is 64.2 Å². The lowest BCUT2D eigenvalue weighted by Gasteiger charge is -2.38. The zero-order valence-electron chi connectivity index (χ0n) is 29.3. The average Bonchev–Trinajstić information content (AvgIpc) is 3.65. The Kier molecular flexibility index (Phi) is 11.7. The number of amides is 5. The third-order valence-electron chi connectivity index (χ3n) is 10.7. The van der Waals surface area contributed by atoms with Gasteiger partial charge in [-0.15, -0.1) is 0 Å². The highest BCUT2D eigenvalue weighted by Gasteiger charge is 2.52. The molecule has 0 spiro atoms. The van der Waals surface area contributed by atoms with Crippen molar-refractivity contribution >= 4 is 35.3 Å². The number of ketones is 1. The molecule has 268 valence electrons. The van der Waals surface area contributed by atoms with Crippen LogP contribution in [0.2, 0.25) is 0 Å². The molecule has 0 aromatic carbocycles. The van der Waals surface area contributed by atoms with E-state index in [1.54, 1.807) is 4.90 Å². The Morgan fingerprint density at radius 2 is 1.63 bits per heavy atom. The van der Waals surface area contributed by atoms with Gasteiger partial charge in [0, 0.05) is 25.0 Å². The van der Waals surface area contributed by atoms with Gasteiger partial charge in [-0.05, 0) is 68.1 Å². The molecule has 5 amide bonds. The van der Waals surface area contributed by atoms with Crippen molar-refractivity contribution in [1.82, 2.24) is 36.1 Å². The zero-order chi connectivity index (χ0) is 35.3. The summed E-state index contributed by atoms with van der Waals surface area (Å²) < 4.78 is 0. The summed E-state index contributed by atoms with van der Waals surface area (Å²) >= 11 is 0. The van der Waals surface area contributed by atoms with E-state index < -0.39 is 59.0 Å². The molecular weight excluding hydrogens is 626 g/mol. The van der Waals surface area contributed by atoms with Crippen LogP contribution in [-0.2, 0) is 24.0 Å². The summed E-state index contributed by atoms with van der Waals surface area (Å²) in [4.78, 5) is 91.4. The molecule has 1 aromatic rings. The van der Waals surface area contributed by atoms with Crippen LogP contribution in [0.3, 0.4) is 0 Å². The lowest BCUT2D eigenvalue weighted by atomic mass is 9.82. The van der Waals surface area contributed by atoms with Gasteiger partial charge in [-0.3, -0.25) is 33.8 Å². The summed E-state index contributed by atoms with van der Waals surface area (Å²) in [5, 5.41) is 11.5. The SMILES string of the molecule is CCC[C@H](NC(=O)[C@@H]1[C@@H]2CCC[C@H]2CN1C(=O)[C@H](NC(=O)[C@@H](NC(=O)c1cnccn1)C1CCCCC1)C(C)(C)C)C(=O)C(=O)NC1CC1. The lowest BCUT2D eigenvalue weighted by Crippen LogP contribution is -2.62. The van der Waals surface area contributed by atoms with E-state index in [0.29, 0.717) is 19.4 Å². The molecule has 13 nitrogen and oxygen atoms in total. The van der Waals surface area contributed by atoms with Gasteiger partial charge >= 0.3 is 0 Å². The fourth-order valence-corrected chi connectivity index (χ4v) is 7.87. The molecule has 2 heterocycles. The molecule has 1 aliphatic heterocycles. The van der Waals surface area contributed by atoms with E-state index in [1.807, 2.05) is 27.7 Å². The van der Waals surface area contributed by atoms with Crippen molar-refractivity contribution in [2.45, 2.75) is 135 Å². The van der Waals surface area contributed by atoms with Gasteiger partial charge in [-0.2, -0.15) is 0 Å². The molecular formula is C36H53N7O6. The summed E-state index contributed by atoms with van der Waals surface area (Å²) in [5.74, 6) is -3.20. The second kappa shape index (κ2) is 15.8. The number of Topliss-reactive ketones (excluding diaryl/α,β-unsaturated/α-hetero) is 1. The second-order valence-electron chi connectivity index (χ2n) is 15.5. The number of likely N-dealkylation sites (tertiary alicyclic amines) is 1. The number of hydrogen-bond donors (Lipinski definition) is 4. The van der Waals surface area contributed by atoms with Crippen LogP contribution in [-0.4, -0.2) is 86.9 Å². The van der Waals surface area contributed by atoms with E-state index in [1.165, 1.54) is 18.6 Å². The van der Waals surface area contributed by atoms with Crippen molar-refractivity contribution in [2.75, 3.05) is 6.54 Å². The minimum Gasteiger partial charge on any atom is -0.347 e. The molecule has 0 unspecified atom stereocenters. The zero-order valence-corrected chi connectivity index (χ0v) is 29.3. The highest BCUT2D eigenvalue weighted by Crippen LogP contribution is 2.43. The monoisotopic (exact) mass is 679 g/mol. The number of rotatable bonds is 13. The average molecular weight is 680 g/mol. The standard InChI is InChI=1S/C36H53N7O6/c1-5-10-25(29(44)34(48)39-23-15-16-23)40-33(47)28-24-14-9-13-22(24)20-43(28)35(49)30(36(2,3)4)42-32(46)27(21-11-7-6-8-12-21)41-31(45)26-19-37-17-18-38-26/h17-19,21-25,27-28,30H,5-16,20H2,1-4H3,(H,39,48)(H,40,47)(H,41,45)(H,42,46)/t22-,24+,25-,27-,28-,30-/m0/s1. The molecule has 4 aliphatic rings. The molecule has 1 saturated heterocycles. The first-order chi connectivity index (χ1) is 23.4. The van der Waals surface area contributed by atoms with E-state index in [-0.39, 0.29) is 35.4 Å². The van der Waals surface area contributed by atoms with Gasteiger partial charge in [0.05, 0.1) is 12.2 Å². The number of nitrogens with zero attached hydrogens (tertiary/aromatic N) is 3. The van der Waals surface area contributed by atoms with Crippen LogP contribution in [0.25, 0.3) is 0 Å². The Bertz CT molecular complexity index is 1390. The summed E-state index contributed by atoms with van der Waals surface area (Å²) in [5.41, 5.74) is -0.638. The van der Waals surface area contributed by atoms with Crippen LogP contribution in [0.4, 0.5) is 0 Å². The Balaban J connectivity index is 1.36. The number of aromatic nitrogens is 2. The first kappa shape index (κ1) is 36.4. The molecule has 4 N–H and O–H groups in total. The van der Waals surface area contributed by atoms with E-state index in [2.05, 4.69) is 31.2 Å².